The first-order chi connectivity index (χ1) is 26.1. The zero-order valence-electron chi connectivity index (χ0n) is 39.2. The van der Waals surface area contributed by atoms with Crippen molar-refractivity contribution in [1.82, 2.24) is 16.0 Å². The lowest BCUT2D eigenvalue weighted by molar-refractivity contribution is -0.187. The quantitative estimate of drug-likeness (QED) is 0.162. The summed E-state index contributed by atoms with van der Waals surface area (Å²) < 4.78 is 25.5. The third-order valence-electron chi connectivity index (χ3n) is 13.3. The second-order valence-corrected chi connectivity index (χ2v) is 25.0. The highest BCUT2D eigenvalue weighted by atomic mass is 16.6. The lowest BCUT2D eigenvalue weighted by Gasteiger charge is -2.48. The van der Waals surface area contributed by atoms with E-state index in [9.17, 15) is 19.2 Å². The molecule has 0 spiro atoms. The molecule has 58 heavy (non-hydrogen) atoms. The Bertz CT molecular complexity index is 1430. The molecule has 0 aromatic rings. The van der Waals surface area contributed by atoms with Gasteiger partial charge in [-0.1, -0.05) is 27.7 Å². The van der Waals surface area contributed by atoms with Crippen LogP contribution in [0.15, 0.2) is 0 Å². The van der Waals surface area contributed by atoms with Gasteiger partial charge in [-0.25, -0.2) is 0 Å². The molecule has 0 radical (unpaired) electrons. The Kier molecular flexibility index (Phi) is 12.8. The van der Waals surface area contributed by atoms with Gasteiger partial charge in [0.15, 0.2) is 0 Å². The second-order valence-electron chi connectivity index (χ2n) is 25.0. The Morgan fingerprint density at radius 3 is 0.948 bits per heavy atom. The van der Waals surface area contributed by atoms with E-state index in [4.69, 9.17) is 18.9 Å². The van der Waals surface area contributed by atoms with Crippen molar-refractivity contribution in [3.8, 4) is 0 Å². The van der Waals surface area contributed by atoms with Gasteiger partial charge in [0, 0.05) is 71.8 Å². The third kappa shape index (κ3) is 12.4. The number of ether oxygens (including phenoxy) is 4. The zero-order chi connectivity index (χ0) is 43.7. The number of hydrogen-bond acceptors (Lipinski definition) is 11. The van der Waals surface area contributed by atoms with Gasteiger partial charge in [-0.15, -0.1) is 0 Å². The number of carbonyl (C=O) groups excluding carboxylic acids is 4. The van der Waals surface area contributed by atoms with E-state index in [1.54, 1.807) is 0 Å². The van der Waals surface area contributed by atoms with Gasteiger partial charge in [-0.2, -0.15) is 0 Å². The van der Waals surface area contributed by atoms with Crippen LogP contribution in [0, 0.1) is 34.5 Å². The van der Waals surface area contributed by atoms with Gasteiger partial charge in [0.1, 0.15) is 24.4 Å². The summed E-state index contributed by atoms with van der Waals surface area (Å²) in [6.07, 6.45) is 4.36. The van der Waals surface area contributed by atoms with Crippen LogP contribution < -0.4 is 16.0 Å². The molecule has 0 aromatic carbocycles. The summed E-state index contributed by atoms with van der Waals surface area (Å²) in [6.45, 7) is 33.9. The van der Waals surface area contributed by atoms with E-state index in [1.165, 1.54) is 0 Å². The van der Waals surface area contributed by atoms with Crippen LogP contribution in [0.25, 0.3) is 0 Å². The van der Waals surface area contributed by atoms with Crippen molar-refractivity contribution in [2.24, 2.45) is 34.5 Å². The number of carbonyl (C=O) groups is 4. The average molecular weight is 816 g/mol. The highest BCUT2D eigenvalue weighted by molar-refractivity contribution is 5.89. The van der Waals surface area contributed by atoms with Crippen LogP contribution in [0.5, 0.6) is 0 Å². The smallest absolute Gasteiger partial charge is 0.310 e. The summed E-state index contributed by atoms with van der Waals surface area (Å²) >= 11 is 0. The molecule has 2 aliphatic carbocycles. The van der Waals surface area contributed by atoms with E-state index < -0.39 is 59.8 Å². The maximum Gasteiger partial charge on any atom is 0.310 e. The molecule has 332 valence electrons. The maximum absolute atomic E-state index is 14.9. The SMILES string of the molecule is CC1(C)CC(OC(=O)C2CC(C(=O)OC3CC(C)(C)NC(C)(C)C3)CC(C(=O)OC3CC(C)(C)NC(C)(C)C3)C2C(=O)OC2CC(C)(C)NC(C)(C)C2)CC(C)(C)C1. The molecule has 3 aliphatic heterocycles. The van der Waals surface area contributed by atoms with Crippen molar-refractivity contribution < 1.29 is 38.1 Å². The van der Waals surface area contributed by atoms with Gasteiger partial charge in [-0.05, 0) is 126 Å². The van der Waals surface area contributed by atoms with Crippen LogP contribution >= 0.6 is 0 Å². The van der Waals surface area contributed by atoms with Gasteiger partial charge >= 0.3 is 23.9 Å². The Labute approximate surface area is 350 Å². The summed E-state index contributed by atoms with van der Waals surface area (Å²) in [5, 5.41) is 10.9. The van der Waals surface area contributed by atoms with E-state index >= 15 is 0 Å². The number of hydrogen-bond donors (Lipinski definition) is 3. The fraction of sp³-hybridized carbons (Fsp3) is 0.915. The van der Waals surface area contributed by atoms with Crippen molar-refractivity contribution in [1.29, 1.82) is 0 Å². The molecule has 0 amide bonds. The predicted octanol–water partition coefficient (Wildman–Crippen LogP) is 7.95. The largest absolute Gasteiger partial charge is 0.462 e. The van der Waals surface area contributed by atoms with Gasteiger partial charge in [-0.3, -0.25) is 19.2 Å². The van der Waals surface area contributed by atoms with E-state index in [2.05, 4.69) is 127 Å². The van der Waals surface area contributed by atoms with Gasteiger partial charge < -0.3 is 34.9 Å². The van der Waals surface area contributed by atoms with E-state index in [-0.39, 0.29) is 69.1 Å². The van der Waals surface area contributed by atoms with Crippen LogP contribution in [-0.4, -0.2) is 81.5 Å². The Morgan fingerprint density at radius 2 is 0.638 bits per heavy atom. The molecule has 4 unspecified atom stereocenters. The molecule has 3 saturated heterocycles. The summed E-state index contributed by atoms with van der Waals surface area (Å²) in [5.41, 5.74) is -1.86. The van der Waals surface area contributed by atoms with E-state index in [1.807, 2.05) is 0 Å². The van der Waals surface area contributed by atoms with Crippen molar-refractivity contribution >= 4 is 23.9 Å². The Balaban J connectivity index is 1.51. The van der Waals surface area contributed by atoms with Crippen molar-refractivity contribution in [3.05, 3.63) is 0 Å². The summed E-state index contributed by atoms with van der Waals surface area (Å²) in [5.74, 6) is -6.42. The zero-order valence-corrected chi connectivity index (χ0v) is 39.2. The summed E-state index contributed by atoms with van der Waals surface area (Å²) in [4.78, 5) is 58.8. The first kappa shape index (κ1) is 46.8. The molecular weight excluding hydrogens is 735 g/mol. The van der Waals surface area contributed by atoms with Gasteiger partial charge in [0.05, 0.1) is 23.7 Å². The number of nitrogens with one attached hydrogen (secondary N) is 3. The number of esters is 4. The fourth-order valence-electron chi connectivity index (χ4n) is 13.1. The second kappa shape index (κ2) is 15.9. The number of piperidine rings is 3. The molecular formula is C47H81N3O8. The minimum absolute atomic E-state index is 0.0173. The van der Waals surface area contributed by atoms with Crippen LogP contribution in [0.4, 0.5) is 0 Å². The molecule has 0 aromatic heterocycles. The molecule has 5 fully saturated rings. The maximum atomic E-state index is 14.9. The molecule has 3 N–H and O–H groups in total. The first-order valence-corrected chi connectivity index (χ1v) is 22.3. The van der Waals surface area contributed by atoms with Crippen LogP contribution in [0.3, 0.4) is 0 Å². The molecule has 0 bridgehead atoms. The van der Waals surface area contributed by atoms with Crippen molar-refractivity contribution in [3.63, 3.8) is 0 Å². The minimum atomic E-state index is -1.19. The van der Waals surface area contributed by atoms with Crippen molar-refractivity contribution in [2.45, 2.75) is 239 Å². The standard InChI is InChI=1S/C47H81N3O8/c1-40(2)19-29(20-41(3,4)27-40)56-37(52)33-17-28(36(51)55-30-21-42(5,6)48-43(7,8)22-30)18-34(38(53)57-31-23-44(9,10)49-45(11,12)24-31)35(33)39(54)58-32-25-46(13,14)50-47(15,16)26-32/h28-35,48-50H,17-27H2,1-16H3. The molecule has 5 rings (SSSR count). The van der Waals surface area contributed by atoms with Crippen LogP contribution in [0.1, 0.15) is 181 Å². The predicted molar refractivity (Wildman–Crippen MR) is 226 cm³/mol. The van der Waals surface area contributed by atoms with Crippen molar-refractivity contribution in [2.75, 3.05) is 0 Å². The molecule has 11 heteroatoms. The molecule has 2 saturated carbocycles. The normalized spacial score (nSPS) is 33.0. The molecule has 4 atom stereocenters. The Morgan fingerprint density at radius 1 is 0.379 bits per heavy atom. The topological polar surface area (TPSA) is 141 Å². The molecule has 5 aliphatic rings. The van der Waals surface area contributed by atoms with Crippen LogP contribution in [-0.2, 0) is 38.1 Å². The van der Waals surface area contributed by atoms with E-state index in [0.29, 0.717) is 51.4 Å². The van der Waals surface area contributed by atoms with Gasteiger partial charge in [0.25, 0.3) is 0 Å². The first-order valence-electron chi connectivity index (χ1n) is 22.3. The minimum Gasteiger partial charge on any atom is -0.462 e. The molecule has 3 heterocycles. The monoisotopic (exact) mass is 816 g/mol. The van der Waals surface area contributed by atoms with Crippen LogP contribution in [0.2, 0.25) is 0 Å². The highest BCUT2D eigenvalue weighted by Gasteiger charge is 2.55. The Hall–Kier alpha value is -2.24. The number of rotatable bonds is 8. The average Bonchev–Trinajstić information content (AvgIpc) is 2.93. The van der Waals surface area contributed by atoms with Gasteiger partial charge in [0.2, 0.25) is 0 Å². The molecule has 11 nitrogen and oxygen atoms in total. The fourth-order valence-corrected chi connectivity index (χ4v) is 13.1. The summed E-state index contributed by atoms with van der Waals surface area (Å²) in [7, 11) is 0. The summed E-state index contributed by atoms with van der Waals surface area (Å²) in [6, 6.07) is 0. The third-order valence-corrected chi connectivity index (χ3v) is 13.3. The lowest BCUT2D eigenvalue weighted by Crippen LogP contribution is -2.60. The lowest BCUT2D eigenvalue weighted by atomic mass is 9.64. The van der Waals surface area contributed by atoms with E-state index in [0.717, 1.165) is 6.42 Å². The highest BCUT2D eigenvalue weighted by Crippen LogP contribution is 2.49.